The van der Waals surface area contributed by atoms with Crippen LogP contribution in [0.15, 0.2) is 12.4 Å². The summed E-state index contributed by atoms with van der Waals surface area (Å²) in [7, 11) is 1.52. The molecule has 0 spiro atoms. The Balaban J connectivity index is 2.22. The van der Waals surface area contributed by atoms with E-state index in [0.29, 0.717) is 18.2 Å². The Morgan fingerprint density at radius 2 is 2.25 bits per heavy atom. The second-order valence-electron chi connectivity index (χ2n) is 3.92. The first-order valence-electron chi connectivity index (χ1n) is 5.38. The number of hydrogen-bond donors (Lipinski definition) is 1. The summed E-state index contributed by atoms with van der Waals surface area (Å²) in [6.45, 7) is 2.65. The van der Waals surface area contributed by atoms with Crippen molar-refractivity contribution in [2.45, 2.75) is 25.6 Å². The van der Waals surface area contributed by atoms with Crippen molar-refractivity contribution >= 4 is 0 Å². The molecule has 1 aliphatic heterocycles. The SMILES string of the molecule is COc1nccnc1C(O)C1CCOC1C. The highest BCUT2D eigenvalue weighted by atomic mass is 16.5. The summed E-state index contributed by atoms with van der Waals surface area (Å²) >= 11 is 0. The Kier molecular flexibility index (Phi) is 3.36. The fourth-order valence-electron chi connectivity index (χ4n) is 2.06. The van der Waals surface area contributed by atoms with E-state index in [2.05, 4.69) is 9.97 Å². The third-order valence-corrected chi connectivity index (χ3v) is 3.01. The molecule has 2 heterocycles. The molecule has 3 atom stereocenters. The van der Waals surface area contributed by atoms with Gasteiger partial charge in [0.25, 0.3) is 0 Å². The van der Waals surface area contributed by atoms with E-state index in [4.69, 9.17) is 9.47 Å². The maximum absolute atomic E-state index is 10.2. The van der Waals surface area contributed by atoms with E-state index in [1.54, 1.807) is 12.4 Å². The molecule has 3 unspecified atom stereocenters. The zero-order chi connectivity index (χ0) is 11.5. The van der Waals surface area contributed by atoms with Gasteiger partial charge < -0.3 is 14.6 Å². The number of aliphatic hydroxyl groups is 1. The Hall–Kier alpha value is -1.20. The Bertz CT molecular complexity index is 359. The number of aliphatic hydroxyl groups excluding tert-OH is 1. The molecule has 88 valence electrons. The predicted octanol–water partition coefficient (Wildman–Crippen LogP) is 0.944. The number of rotatable bonds is 3. The van der Waals surface area contributed by atoms with E-state index < -0.39 is 6.10 Å². The van der Waals surface area contributed by atoms with E-state index in [-0.39, 0.29) is 12.0 Å². The van der Waals surface area contributed by atoms with Crippen LogP contribution in [-0.2, 0) is 4.74 Å². The minimum absolute atomic E-state index is 0.0433. The van der Waals surface area contributed by atoms with Crippen LogP contribution in [0.1, 0.15) is 25.1 Å². The van der Waals surface area contributed by atoms with E-state index in [0.717, 1.165) is 6.42 Å². The number of ether oxygens (including phenoxy) is 2. The molecule has 1 saturated heterocycles. The van der Waals surface area contributed by atoms with Crippen molar-refractivity contribution < 1.29 is 14.6 Å². The molecule has 0 radical (unpaired) electrons. The van der Waals surface area contributed by atoms with Gasteiger partial charge in [-0.2, -0.15) is 0 Å². The second kappa shape index (κ2) is 4.76. The molecule has 0 amide bonds. The van der Waals surface area contributed by atoms with Crippen LogP contribution in [0.25, 0.3) is 0 Å². The summed E-state index contributed by atoms with van der Waals surface area (Å²) < 4.78 is 10.5. The van der Waals surface area contributed by atoms with Gasteiger partial charge in [-0.1, -0.05) is 0 Å². The zero-order valence-corrected chi connectivity index (χ0v) is 9.46. The van der Waals surface area contributed by atoms with Crippen molar-refractivity contribution in [3.63, 3.8) is 0 Å². The molecule has 16 heavy (non-hydrogen) atoms. The van der Waals surface area contributed by atoms with Crippen molar-refractivity contribution in [1.82, 2.24) is 9.97 Å². The van der Waals surface area contributed by atoms with Crippen molar-refractivity contribution in [2.24, 2.45) is 5.92 Å². The second-order valence-corrected chi connectivity index (χ2v) is 3.92. The molecule has 1 aliphatic rings. The van der Waals surface area contributed by atoms with Gasteiger partial charge in [-0.3, -0.25) is 4.98 Å². The van der Waals surface area contributed by atoms with E-state index in [9.17, 15) is 5.11 Å². The van der Waals surface area contributed by atoms with Gasteiger partial charge in [0.15, 0.2) is 0 Å². The quantitative estimate of drug-likeness (QED) is 0.827. The molecule has 0 saturated carbocycles. The summed E-state index contributed by atoms with van der Waals surface area (Å²) in [5.41, 5.74) is 0.493. The third-order valence-electron chi connectivity index (χ3n) is 3.01. The van der Waals surface area contributed by atoms with Gasteiger partial charge in [-0.05, 0) is 13.3 Å². The lowest BCUT2D eigenvalue weighted by Crippen LogP contribution is -2.21. The van der Waals surface area contributed by atoms with Gasteiger partial charge in [0.05, 0.1) is 13.2 Å². The van der Waals surface area contributed by atoms with Gasteiger partial charge >= 0.3 is 0 Å². The summed E-state index contributed by atoms with van der Waals surface area (Å²) in [4.78, 5) is 8.16. The Labute approximate surface area is 94.4 Å². The van der Waals surface area contributed by atoms with Gasteiger partial charge in [0.1, 0.15) is 11.8 Å². The minimum Gasteiger partial charge on any atom is -0.480 e. The van der Waals surface area contributed by atoms with Gasteiger partial charge in [-0.25, -0.2) is 4.98 Å². The molecule has 1 N–H and O–H groups in total. The van der Waals surface area contributed by atoms with E-state index in [1.165, 1.54) is 7.11 Å². The van der Waals surface area contributed by atoms with Crippen LogP contribution < -0.4 is 4.74 Å². The highest BCUT2D eigenvalue weighted by Gasteiger charge is 2.34. The van der Waals surface area contributed by atoms with Crippen LogP contribution in [0, 0.1) is 5.92 Å². The highest BCUT2D eigenvalue weighted by Crippen LogP contribution is 2.34. The molecular weight excluding hydrogens is 208 g/mol. The largest absolute Gasteiger partial charge is 0.480 e. The monoisotopic (exact) mass is 224 g/mol. The number of nitrogens with zero attached hydrogens (tertiary/aromatic N) is 2. The summed E-state index contributed by atoms with van der Waals surface area (Å²) in [6.07, 6.45) is 3.30. The molecule has 5 nitrogen and oxygen atoms in total. The normalized spacial score (nSPS) is 26.7. The fourth-order valence-corrected chi connectivity index (χ4v) is 2.06. The van der Waals surface area contributed by atoms with Crippen molar-refractivity contribution in [2.75, 3.05) is 13.7 Å². The lowest BCUT2D eigenvalue weighted by Gasteiger charge is -2.21. The highest BCUT2D eigenvalue weighted by molar-refractivity contribution is 5.20. The summed E-state index contributed by atoms with van der Waals surface area (Å²) in [5, 5.41) is 10.2. The summed E-state index contributed by atoms with van der Waals surface area (Å²) in [6, 6.07) is 0. The molecular formula is C11H16N2O3. The van der Waals surface area contributed by atoms with Crippen LogP contribution >= 0.6 is 0 Å². The maximum atomic E-state index is 10.2. The molecule has 0 aromatic carbocycles. The van der Waals surface area contributed by atoms with Crippen LogP contribution in [0.4, 0.5) is 0 Å². The van der Waals surface area contributed by atoms with Gasteiger partial charge in [-0.15, -0.1) is 0 Å². The van der Waals surface area contributed by atoms with Crippen molar-refractivity contribution in [3.8, 4) is 5.88 Å². The van der Waals surface area contributed by atoms with Crippen LogP contribution in [-0.4, -0.2) is 34.9 Å². The zero-order valence-electron chi connectivity index (χ0n) is 9.46. The van der Waals surface area contributed by atoms with Crippen LogP contribution in [0.5, 0.6) is 5.88 Å². The third kappa shape index (κ3) is 2.01. The molecule has 1 fully saturated rings. The first-order chi connectivity index (χ1) is 7.74. The number of hydrogen-bond acceptors (Lipinski definition) is 5. The minimum atomic E-state index is -0.679. The smallest absolute Gasteiger partial charge is 0.238 e. The molecule has 0 bridgehead atoms. The Morgan fingerprint density at radius 1 is 1.50 bits per heavy atom. The Morgan fingerprint density at radius 3 is 2.88 bits per heavy atom. The van der Waals surface area contributed by atoms with Crippen molar-refractivity contribution in [1.29, 1.82) is 0 Å². The van der Waals surface area contributed by atoms with Gasteiger partial charge in [0, 0.05) is 24.9 Å². The van der Waals surface area contributed by atoms with Gasteiger partial charge in [0.2, 0.25) is 5.88 Å². The van der Waals surface area contributed by atoms with Crippen molar-refractivity contribution in [3.05, 3.63) is 18.1 Å². The average molecular weight is 224 g/mol. The molecule has 2 rings (SSSR count). The first kappa shape index (κ1) is 11.3. The number of aromatic nitrogens is 2. The van der Waals surface area contributed by atoms with E-state index in [1.807, 2.05) is 6.92 Å². The lowest BCUT2D eigenvalue weighted by molar-refractivity contribution is 0.0394. The molecule has 5 heteroatoms. The summed E-state index contributed by atoms with van der Waals surface area (Å²) in [5.74, 6) is 0.444. The lowest BCUT2D eigenvalue weighted by atomic mass is 9.93. The fraction of sp³-hybridized carbons (Fsp3) is 0.636. The van der Waals surface area contributed by atoms with Crippen LogP contribution in [0.3, 0.4) is 0 Å². The number of methoxy groups -OCH3 is 1. The van der Waals surface area contributed by atoms with E-state index >= 15 is 0 Å². The molecule has 1 aromatic heterocycles. The first-order valence-corrected chi connectivity index (χ1v) is 5.38. The molecule has 0 aliphatic carbocycles. The predicted molar refractivity (Wildman–Crippen MR) is 57.1 cm³/mol. The molecule has 1 aromatic rings. The average Bonchev–Trinajstić information content (AvgIpc) is 2.74. The van der Waals surface area contributed by atoms with Crippen LogP contribution in [0.2, 0.25) is 0 Å². The maximum Gasteiger partial charge on any atom is 0.238 e. The standard InChI is InChI=1S/C11H16N2O3/c1-7-8(3-6-16-7)10(14)9-11(15-2)13-5-4-12-9/h4-5,7-8,10,14H,3,6H2,1-2H3. The topological polar surface area (TPSA) is 64.5 Å².